The van der Waals surface area contributed by atoms with Gasteiger partial charge in [0.25, 0.3) is 0 Å². The van der Waals surface area contributed by atoms with Gasteiger partial charge in [0.15, 0.2) is 0 Å². The van der Waals surface area contributed by atoms with Gasteiger partial charge in [-0.25, -0.2) is 0 Å². The number of carbonyl (C=O) groups excluding carboxylic acids is 1. The van der Waals surface area contributed by atoms with Gasteiger partial charge in [-0.15, -0.1) is 0 Å². The fourth-order valence-electron chi connectivity index (χ4n) is 3.02. The minimum atomic E-state index is -0.680. The Labute approximate surface area is 143 Å². The molecule has 1 aliphatic carbocycles. The first-order chi connectivity index (χ1) is 11.0. The summed E-state index contributed by atoms with van der Waals surface area (Å²) >= 11 is 6.00. The third kappa shape index (κ3) is 4.70. The molecule has 1 unspecified atom stereocenters. The van der Waals surface area contributed by atoms with Crippen molar-refractivity contribution in [3.8, 4) is 6.07 Å². The minimum absolute atomic E-state index is 0.0852. The van der Waals surface area contributed by atoms with Crippen molar-refractivity contribution in [3.05, 3.63) is 34.9 Å². The van der Waals surface area contributed by atoms with Crippen LogP contribution in [0.3, 0.4) is 0 Å². The van der Waals surface area contributed by atoms with Crippen LogP contribution < -0.4 is 5.32 Å². The van der Waals surface area contributed by atoms with E-state index in [1.165, 1.54) is 0 Å². The zero-order valence-electron chi connectivity index (χ0n) is 13.8. The summed E-state index contributed by atoms with van der Waals surface area (Å²) in [6.45, 7) is 2.50. The van der Waals surface area contributed by atoms with Crippen molar-refractivity contribution in [1.82, 2.24) is 10.2 Å². The molecule has 0 bridgehead atoms. The minimum Gasteiger partial charge on any atom is -0.336 e. The Morgan fingerprint density at radius 2 is 2.13 bits per heavy atom. The van der Waals surface area contributed by atoms with Crippen LogP contribution in [0.25, 0.3) is 0 Å². The van der Waals surface area contributed by atoms with Crippen LogP contribution in [-0.4, -0.2) is 29.4 Å². The number of nitrogens with one attached hydrogen (secondary N) is 1. The average molecular weight is 334 g/mol. The van der Waals surface area contributed by atoms with Gasteiger partial charge in [-0.3, -0.25) is 9.69 Å². The lowest BCUT2D eigenvalue weighted by Gasteiger charge is -2.34. The first kappa shape index (κ1) is 17.8. The molecule has 0 spiro atoms. The van der Waals surface area contributed by atoms with Crippen LogP contribution in [0.4, 0.5) is 0 Å². The van der Waals surface area contributed by atoms with Crippen molar-refractivity contribution in [2.75, 3.05) is 7.05 Å². The second-order valence-corrected chi connectivity index (χ2v) is 6.90. The molecular weight excluding hydrogens is 310 g/mol. The lowest BCUT2D eigenvalue weighted by molar-refractivity contribution is -0.127. The number of likely N-dealkylation sites (N-methyl/N-ethyl adjacent to an activating group) is 1. The first-order valence-electron chi connectivity index (χ1n) is 8.14. The summed E-state index contributed by atoms with van der Waals surface area (Å²) in [5, 5.41) is 13.2. The van der Waals surface area contributed by atoms with Gasteiger partial charge in [0.2, 0.25) is 5.91 Å². The maximum atomic E-state index is 12.5. The largest absolute Gasteiger partial charge is 0.336 e. The maximum absolute atomic E-state index is 12.5. The van der Waals surface area contributed by atoms with Crippen molar-refractivity contribution in [1.29, 1.82) is 5.26 Å². The van der Waals surface area contributed by atoms with Gasteiger partial charge in [0.1, 0.15) is 5.54 Å². The molecule has 4 nitrogen and oxygen atoms in total. The van der Waals surface area contributed by atoms with Gasteiger partial charge in [-0.2, -0.15) is 5.26 Å². The van der Waals surface area contributed by atoms with E-state index in [0.29, 0.717) is 11.6 Å². The highest BCUT2D eigenvalue weighted by Gasteiger charge is 2.35. The lowest BCUT2D eigenvalue weighted by Crippen LogP contribution is -2.54. The normalized spacial score (nSPS) is 18.2. The fourth-order valence-corrected chi connectivity index (χ4v) is 3.23. The summed E-state index contributed by atoms with van der Waals surface area (Å²) in [5.41, 5.74) is 0.382. The molecule has 1 aromatic carbocycles. The van der Waals surface area contributed by atoms with E-state index in [-0.39, 0.29) is 11.9 Å². The zero-order chi connectivity index (χ0) is 16.9. The Morgan fingerprint density at radius 1 is 1.43 bits per heavy atom. The molecule has 124 valence electrons. The molecule has 1 atom stereocenters. The zero-order valence-corrected chi connectivity index (χ0v) is 14.6. The number of hydrogen-bond donors (Lipinski definition) is 1. The van der Waals surface area contributed by atoms with Crippen LogP contribution in [-0.2, 0) is 11.3 Å². The van der Waals surface area contributed by atoms with Crippen LogP contribution in [0.1, 0.15) is 44.6 Å². The maximum Gasteiger partial charge on any atom is 0.238 e. The molecule has 1 saturated carbocycles. The van der Waals surface area contributed by atoms with E-state index >= 15 is 0 Å². The van der Waals surface area contributed by atoms with Crippen molar-refractivity contribution >= 4 is 17.5 Å². The summed E-state index contributed by atoms with van der Waals surface area (Å²) in [7, 11) is 1.91. The van der Waals surface area contributed by atoms with E-state index < -0.39 is 5.54 Å². The van der Waals surface area contributed by atoms with Crippen LogP contribution in [0.15, 0.2) is 24.3 Å². The summed E-state index contributed by atoms with van der Waals surface area (Å²) in [4.78, 5) is 14.5. The molecule has 5 heteroatoms. The number of benzene rings is 1. The van der Waals surface area contributed by atoms with Crippen molar-refractivity contribution in [2.24, 2.45) is 0 Å². The highest BCUT2D eigenvalue weighted by Crippen LogP contribution is 2.27. The highest BCUT2D eigenvalue weighted by atomic mass is 35.5. The van der Waals surface area contributed by atoms with E-state index in [2.05, 4.69) is 11.4 Å². The van der Waals surface area contributed by atoms with Crippen molar-refractivity contribution in [2.45, 2.75) is 57.2 Å². The predicted octanol–water partition coefficient (Wildman–Crippen LogP) is 3.50. The Bertz CT molecular complexity index is 590. The Kier molecular flexibility index (Phi) is 6.04. The van der Waals surface area contributed by atoms with Crippen LogP contribution in [0.2, 0.25) is 5.02 Å². The summed E-state index contributed by atoms with van der Waals surface area (Å²) < 4.78 is 0. The van der Waals surface area contributed by atoms with E-state index in [9.17, 15) is 10.1 Å². The van der Waals surface area contributed by atoms with Gasteiger partial charge < -0.3 is 5.32 Å². The topological polar surface area (TPSA) is 56.1 Å². The van der Waals surface area contributed by atoms with E-state index in [0.717, 1.165) is 37.7 Å². The number of nitrogens with zero attached hydrogens (tertiary/aromatic N) is 2. The van der Waals surface area contributed by atoms with Crippen molar-refractivity contribution < 1.29 is 4.79 Å². The van der Waals surface area contributed by atoms with Gasteiger partial charge in [-0.05, 0) is 44.5 Å². The third-order valence-electron chi connectivity index (χ3n) is 4.65. The first-order valence-corrected chi connectivity index (χ1v) is 8.51. The second-order valence-electron chi connectivity index (χ2n) is 6.46. The molecule has 2 rings (SSSR count). The van der Waals surface area contributed by atoms with Gasteiger partial charge in [-0.1, -0.05) is 43.0 Å². The molecule has 23 heavy (non-hydrogen) atoms. The van der Waals surface area contributed by atoms with Crippen LogP contribution >= 0.6 is 11.6 Å². The Balaban J connectivity index is 1.97. The monoisotopic (exact) mass is 333 g/mol. The van der Waals surface area contributed by atoms with Crippen LogP contribution in [0, 0.1) is 11.3 Å². The number of nitriles is 1. The molecule has 1 aliphatic rings. The Morgan fingerprint density at radius 3 is 2.74 bits per heavy atom. The molecule has 0 aliphatic heterocycles. The smallest absolute Gasteiger partial charge is 0.238 e. The van der Waals surface area contributed by atoms with Crippen LogP contribution in [0.5, 0.6) is 0 Å². The molecule has 0 saturated heterocycles. The number of rotatable bonds is 5. The number of carbonyl (C=O) groups is 1. The summed E-state index contributed by atoms with van der Waals surface area (Å²) in [6, 6.07) is 9.66. The number of hydrogen-bond acceptors (Lipinski definition) is 3. The average Bonchev–Trinajstić information content (AvgIpc) is 2.55. The van der Waals surface area contributed by atoms with Crippen molar-refractivity contribution in [3.63, 3.8) is 0 Å². The molecule has 1 amide bonds. The fraction of sp³-hybridized carbons (Fsp3) is 0.556. The number of amides is 1. The predicted molar refractivity (Wildman–Crippen MR) is 92.0 cm³/mol. The third-order valence-corrected chi connectivity index (χ3v) is 4.88. The molecule has 0 heterocycles. The summed E-state index contributed by atoms with van der Waals surface area (Å²) in [6.07, 6.45) is 4.64. The lowest BCUT2D eigenvalue weighted by atomic mass is 9.82. The molecule has 1 N–H and O–H groups in total. The standard InChI is InChI=1S/C18H24ClN3O/c1-14(22(2)12-15-7-6-8-16(19)11-15)17(23)21-18(13-20)9-4-3-5-10-18/h6-8,11,14H,3-5,9-10,12H2,1-2H3,(H,21,23). The molecule has 0 aromatic heterocycles. The Hall–Kier alpha value is -1.57. The quantitative estimate of drug-likeness (QED) is 0.897. The number of halogens is 1. The molecule has 0 radical (unpaired) electrons. The highest BCUT2D eigenvalue weighted by molar-refractivity contribution is 6.30. The van der Waals surface area contributed by atoms with Gasteiger partial charge in [0, 0.05) is 11.6 Å². The molecular formula is C18H24ClN3O. The van der Waals surface area contributed by atoms with E-state index in [1.54, 1.807) is 0 Å². The SMILES string of the molecule is CC(C(=O)NC1(C#N)CCCCC1)N(C)Cc1cccc(Cl)c1. The van der Waals surface area contributed by atoms with Gasteiger partial charge >= 0.3 is 0 Å². The van der Waals surface area contributed by atoms with Gasteiger partial charge in [0.05, 0.1) is 12.1 Å². The second kappa shape index (κ2) is 7.81. The van der Waals surface area contributed by atoms with E-state index in [4.69, 9.17) is 11.6 Å². The molecule has 1 fully saturated rings. The van der Waals surface area contributed by atoms with E-state index in [1.807, 2.05) is 43.1 Å². The summed E-state index contributed by atoms with van der Waals surface area (Å²) in [5.74, 6) is -0.0852. The molecule has 1 aromatic rings.